The van der Waals surface area contributed by atoms with E-state index in [9.17, 15) is 5.26 Å². The van der Waals surface area contributed by atoms with E-state index in [2.05, 4.69) is 49.4 Å². The minimum Gasteiger partial charge on any atom is -0.500 e. The van der Waals surface area contributed by atoms with Crippen LogP contribution in [0.25, 0.3) is 60.8 Å². The number of nitriles is 1. The summed E-state index contributed by atoms with van der Waals surface area (Å²) in [7, 11) is 0. The number of imidazole rings is 1. The van der Waals surface area contributed by atoms with Crippen molar-refractivity contribution >= 4 is 32.7 Å². The van der Waals surface area contributed by atoms with Crippen molar-refractivity contribution in [2.24, 2.45) is 12.4 Å². The Balaban J connectivity index is 0.000000327. The Labute approximate surface area is 337 Å². The van der Waals surface area contributed by atoms with Crippen molar-refractivity contribution in [3.63, 3.8) is 0 Å². The Morgan fingerprint density at radius 3 is 2.51 bits per heavy atom. The van der Waals surface area contributed by atoms with Crippen molar-refractivity contribution in [3.05, 3.63) is 150 Å². The fourth-order valence-electron chi connectivity index (χ4n) is 6.36. The molecular weight excluding hydrogens is 829 g/mol. The number of aromatic nitrogens is 3. The summed E-state index contributed by atoms with van der Waals surface area (Å²) in [5.41, 5.74) is 4.76. The van der Waals surface area contributed by atoms with E-state index >= 15 is 0 Å². The normalized spacial score (nSPS) is 14.4. The molecule has 0 saturated carbocycles. The minimum atomic E-state index is -2.55. The quantitative estimate of drug-likeness (QED) is 0.128. The molecule has 0 N–H and O–H groups in total. The summed E-state index contributed by atoms with van der Waals surface area (Å²) >= 11 is 0. The van der Waals surface area contributed by atoms with Gasteiger partial charge in [-0.15, -0.1) is 17.7 Å². The van der Waals surface area contributed by atoms with Crippen molar-refractivity contribution in [2.45, 2.75) is 53.8 Å². The molecule has 0 fully saturated rings. The number of benzene rings is 5. The molecule has 5 aromatic carbocycles. The van der Waals surface area contributed by atoms with Gasteiger partial charge in [-0.3, -0.25) is 0 Å². The van der Waals surface area contributed by atoms with Gasteiger partial charge in [0.25, 0.3) is 0 Å². The average molecular weight is 879 g/mol. The number of hydrogen-bond acceptors (Lipinski definition) is 3. The van der Waals surface area contributed by atoms with Crippen LogP contribution in [-0.4, -0.2) is 9.55 Å². The Bertz CT molecular complexity index is 2920. The number of para-hydroxylation sites is 1. The number of pyridine rings is 1. The van der Waals surface area contributed by atoms with Crippen LogP contribution in [0.1, 0.15) is 73.8 Å². The van der Waals surface area contributed by atoms with E-state index in [1.165, 1.54) is 18.5 Å². The van der Waals surface area contributed by atoms with Crippen LogP contribution in [0.3, 0.4) is 0 Å². The van der Waals surface area contributed by atoms with Crippen LogP contribution < -0.4 is 4.57 Å². The van der Waals surface area contributed by atoms with Crippen LogP contribution >= 0.6 is 0 Å². The average Bonchev–Trinajstić information content (AvgIpc) is 3.86. The summed E-state index contributed by atoms with van der Waals surface area (Å²) in [5.74, 6) is 0.120. The molecular formula is C47H42IrN4O+. The molecule has 0 spiro atoms. The predicted octanol–water partition coefficient (Wildman–Crippen LogP) is 11.1. The third-order valence-electron chi connectivity index (χ3n) is 8.73. The first kappa shape index (κ1) is 28.2. The summed E-state index contributed by atoms with van der Waals surface area (Å²) in [6.07, 6.45) is 5.09. The molecule has 3 heterocycles. The Hall–Kier alpha value is -5.34. The van der Waals surface area contributed by atoms with Gasteiger partial charge in [-0.25, -0.2) is 0 Å². The maximum absolute atomic E-state index is 10.2. The van der Waals surface area contributed by atoms with Gasteiger partial charge in [0.15, 0.2) is 0 Å². The first-order chi connectivity index (χ1) is 28.2. The van der Waals surface area contributed by atoms with Crippen LogP contribution in [0.15, 0.2) is 114 Å². The van der Waals surface area contributed by atoms with E-state index in [4.69, 9.17) is 15.4 Å². The van der Waals surface area contributed by atoms with Gasteiger partial charge in [-0.2, -0.15) is 35.6 Å². The molecule has 0 saturated heterocycles. The zero-order chi connectivity index (χ0) is 43.4. The number of furan rings is 1. The number of aryl methyl sites for hydroxylation is 2. The predicted molar refractivity (Wildman–Crippen MR) is 210 cm³/mol. The Morgan fingerprint density at radius 1 is 1.00 bits per heavy atom. The molecule has 0 amide bonds. The molecule has 3 aromatic heterocycles. The van der Waals surface area contributed by atoms with E-state index in [1.54, 1.807) is 37.6 Å². The van der Waals surface area contributed by atoms with E-state index in [1.807, 2.05) is 72.8 Å². The number of nitrogens with zero attached hydrogens (tertiary/aromatic N) is 4. The fourth-order valence-corrected chi connectivity index (χ4v) is 6.36. The molecule has 0 aliphatic carbocycles. The van der Waals surface area contributed by atoms with Gasteiger partial charge < -0.3 is 18.5 Å². The van der Waals surface area contributed by atoms with E-state index in [0.29, 0.717) is 33.6 Å². The second kappa shape index (κ2) is 15.3. The van der Waals surface area contributed by atoms with E-state index in [-0.39, 0.29) is 37.2 Å². The first-order valence-electron chi connectivity index (χ1n) is 21.0. The number of fused-ring (bicyclic) bond motifs is 4. The van der Waals surface area contributed by atoms with Crippen molar-refractivity contribution in [3.8, 4) is 34.1 Å². The van der Waals surface area contributed by atoms with Gasteiger partial charge in [0.05, 0.1) is 28.3 Å². The number of hydrogen-bond donors (Lipinski definition) is 0. The van der Waals surface area contributed by atoms with Gasteiger partial charge in [0.1, 0.15) is 5.58 Å². The van der Waals surface area contributed by atoms with Crippen LogP contribution in [-0.2, 0) is 33.5 Å². The molecule has 0 atom stereocenters. The van der Waals surface area contributed by atoms with Gasteiger partial charge in [-0.1, -0.05) is 111 Å². The van der Waals surface area contributed by atoms with Gasteiger partial charge in [0, 0.05) is 36.4 Å². The molecule has 0 radical (unpaired) electrons. The third kappa shape index (κ3) is 7.74. The van der Waals surface area contributed by atoms with Crippen molar-refractivity contribution in [1.29, 1.82) is 5.26 Å². The topological polar surface area (TPSA) is 58.6 Å². The molecule has 5 nitrogen and oxygen atoms in total. The maximum atomic E-state index is 10.2. The van der Waals surface area contributed by atoms with E-state index < -0.39 is 25.6 Å². The summed E-state index contributed by atoms with van der Waals surface area (Å²) in [4.78, 5) is 4.54. The molecule has 264 valence electrons. The molecule has 53 heavy (non-hydrogen) atoms. The fraction of sp³-hybridized carbons (Fsp3) is 0.213. The zero-order valence-electron chi connectivity index (χ0n) is 38.0. The molecule has 0 aliphatic rings. The second-order valence-corrected chi connectivity index (χ2v) is 14.0. The first-order valence-corrected chi connectivity index (χ1v) is 17.0. The zero-order valence-corrected chi connectivity index (χ0v) is 32.4. The molecule has 8 aromatic rings. The maximum Gasteiger partial charge on any atom is 3.00 e. The van der Waals surface area contributed by atoms with Gasteiger partial charge in [-0.05, 0) is 58.4 Å². The molecule has 0 aliphatic heterocycles. The molecule has 0 unspecified atom stereocenters. The summed E-state index contributed by atoms with van der Waals surface area (Å²) < 4.78 is 73.3. The van der Waals surface area contributed by atoms with Crippen LogP contribution in [0.4, 0.5) is 0 Å². The minimum absolute atomic E-state index is 0. The summed E-state index contributed by atoms with van der Waals surface area (Å²) in [6, 6.07) is 37.3. The molecule has 0 bridgehead atoms. The largest absolute Gasteiger partial charge is 3.00 e. The van der Waals surface area contributed by atoms with Gasteiger partial charge in [0.2, 0.25) is 6.33 Å². The van der Waals surface area contributed by atoms with Crippen LogP contribution in [0.5, 0.6) is 0 Å². The van der Waals surface area contributed by atoms with Crippen LogP contribution in [0, 0.1) is 42.1 Å². The SMILES string of the molecule is [2H]C([2H])([2H])[n+]1[c-]n(-c2[c-]cccc2)cc1.[2H]C([2H])([2H])c1cnc(-c2[c-]cc(C(C)C)c3c2oc2c(-c4ccc5ccccc5c4)c(C#N)ccc23)cc1C([2H])([2H])C(C)(C)C.[Ir+3]. The van der Waals surface area contributed by atoms with Crippen molar-refractivity contribution < 1.29 is 40.1 Å². The monoisotopic (exact) mass is 879 g/mol. The van der Waals surface area contributed by atoms with Crippen molar-refractivity contribution in [2.75, 3.05) is 0 Å². The Morgan fingerprint density at radius 2 is 1.81 bits per heavy atom. The standard InChI is InChI=1S/C37H33N2O.C10H9N2.Ir/c1-22(2)29-15-16-30(32-18-28(19-37(4,5)6)23(3)21-39-32)35-34(29)31-14-13-27(20-38)33(36(31)40-35)26-12-11-24-9-7-8-10-25(24)17-26;1-11-7-8-12(9-11)10-5-3-2-4-6-10;/h7-15,17-18,21-22H,19H2,1-6H3;2-5,7-8H,1H3;/q2*-1;+3/i3D3,19D2;1D3;. The smallest absolute Gasteiger partial charge is 0.500 e. The molecule has 8 rings (SSSR count). The number of rotatable bonds is 5. The second-order valence-electron chi connectivity index (χ2n) is 14.0. The third-order valence-corrected chi connectivity index (χ3v) is 8.73. The Kier molecular flexibility index (Phi) is 8.16. The van der Waals surface area contributed by atoms with Crippen molar-refractivity contribution in [1.82, 2.24) is 9.55 Å². The van der Waals surface area contributed by atoms with E-state index in [0.717, 1.165) is 42.9 Å². The summed E-state index contributed by atoms with van der Waals surface area (Å²) in [5, 5.41) is 14.0. The van der Waals surface area contributed by atoms with Gasteiger partial charge >= 0.3 is 20.1 Å². The van der Waals surface area contributed by atoms with Crippen LogP contribution in [0.2, 0.25) is 0 Å². The summed E-state index contributed by atoms with van der Waals surface area (Å²) in [6.45, 7) is 4.69. The molecule has 6 heteroatoms.